The van der Waals surface area contributed by atoms with Crippen LogP contribution in [0.2, 0.25) is 0 Å². The maximum absolute atomic E-state index is 5.79. The molecule has 1 fully saturated rings. The van der Waals surface area contributed by atoms with Gasteiger partial charge in [0, 0.05) is 44.0 Å². The normalized spacial score (nSPS) is 15.2. The summed E-state index contributed by atoms with van der Waals surface area (Å²) < 4.78 is 5.79. The van der Waals surface area contributed by atoms with Gasteiger partial charge in [0.05, 0.1) is 0 Å². The van der Waals surface area contributed by atoms with Crippen molar-refractivity contribution >= 4 is 5.69 Å². The van der Waals surface area contributed by atoms with E-state index in [9.17, 15) is 0 Å². The standard InChI is InChI=1S/C22H28N2O/c1-4-15-25-22-8-6-5-7-20(22)17-23-11-13-24(14-12-23)21-16-18(2)9-10-19(21)3/h4-10,16H,1,11-15,17H2,2-3H3. The van der Waals surface area contributed by atoms with Gasteiger partial charge in [0.2, 0.25) is 0 Å². The van der Waals surface area contributed by atoms with Gasteiger partial charge < -0.3 is 9.64 Å². The SMILES string of the molecule is C=CCOc1ccccc1CN1CCN(c2cc(C)ccc2C)CC1. The highest BCUT2D eigenvalue weighted by atomic mass is 16.5. The second-order valence-electron chi connectivity index (χ2n) is 6.76. The molecule has 132 valence electrons. The Bertz CT molecular complexity index is 718. The van der Waals surface area contributed by atoms with Crippen molar-refractivity contribution in [2.75, 3.05) is 37.7 Å². The average Bonchev–Trinajstić information content (AvgIpc) is 2.64. The molecule has 0 aliphatic carbocycles. The van der Waals surface area contributed by atoms with Crippen LogP contribution in [0.1, 0.15) is 16.7 Å². The third-order valence-corrected chi connectivity index (χ3v) is 4.80. The average molecular weight is 336 g/mol. The van der Waals surface area contributed by atoms with Crippen LogP contribution in [-0.2, 0) is 6.54 Å². The number of hydrogen-bond donors (Lipinski definition) is 0. The van der Waals surface area contributed by atoms with Crippen molar-refractivity contribution in [3.63, 3.8) is 0 Å². The minimum atomic E-state index is 0.553. The Hall–Kier alpha value is -2.26. The molecule has 3 nitrogen and oxygen atoms in total. The quantitative estimate of drug-likeness (QED) is 0.736. The van der Waals surface area contributed by atoms with Crippen LogP contribution in [0.5, 0.6) is 5.75 Å². The molecule has 0 atom stereocenters. The van der Waals surface area contributed by atoms with E-state index in [1.165, 1.54) is 22.4 Å². The van der Waals surface area contributed by atoms with Crippen LogP contribution in [0.25, 0.3) is 0 Å². The molecular formula is C22H28N2O. The van der Waals surface area contributed by atoms with Gasteiger partial charge in [-0.1, -0.05) is 43.0 Å². The third kappa shape index (κ3) is 4.43. The molecule has 3 rings (SSSR count). The predicted octanol–water partition coefficient (Wildman–Crippen LogP) is 4.19. The lowest BCUT2D eigenvalue weighted by Gasteiger charge is -2.37. The van der Waals surface area contributed by atoms with Crippen molar-refractivity contribution in [1.29, 1.82) is 0 Å². The minimum absolute atomic E-state index is 0.553. The summed E-state index contributed by atoms with van der Waals surface area (Å²) in [4.78, 5) is 5.02. The van der Waals surface area contributed by atoms with Gasteiger partial charge in [0.1, 0.15) is 12.4 Å². The van der Waals surface area contributed by atoms with E-state index in [4.69, 9.17) is 4.74 Å². The van der Waals surface area contributed by atoms with Crippen molar-refractivity contribution in [2.45, 2.75) is 20.4 Å². The van der Waals surface area contributed by atoms with Crippen LogP contribution < -0.4 is 9.64 Å². The zero-order valence-electron chi connectivity index (χ0n) is 15.4. The van der Waals surface area contributed by atoms with Gasteiger partial charge in [-0.15, -0.1) is 0 Å². The zero-order chi connectivity index (χ0) is 17.6. The summed E-state index contributed by atoms with van der Waals surface area (Å²) in [7, 11) is 0. The Morgan fingerprint density at radius 1 is 1.04 bits per heavy atom. The van der Waals surface area contributed by atoms with E-state index in [1.54, 1.807) is 6.08 Å². The lowest BCUT2D eigenvalue weighted by molar-refractivity contribution is 0.244. The fourth-order valence-electron chi connectivity index (χ4n) is 3.37. The highest BCUT2D eigenvalue weighted by Gasteiger charge is 2.19. The maximum atomic E-state index is 5.79. The number of para-hydroxylation sites is 1. The van der Waals surface area contributed by atoms with Crippen molar-refractivity contribution in [3.05, 3.63) is 71.8 Å². The molecule has 0 radical (unpaired) electrons. The van der Waals surface area contributed by atoms with E-state index < -0.39 is 0 Å². The Morgan fingerprint density at radius 3 is 2.56 bits per heavy atom. The maximum Gasteiger partial charge on any atom is 0.124 e. The summed E-state index contributed by atoms with van der Waals surface area (Å²) in [6.07, 6.45) is 1.79. The van der Waals surface area contributed by atoms with Gasteiger partial charge in [-0.05, 0) is 37.1 Å². The summed E-state index contributed by atoms with van der Waals surface area (Å²) >= 11 is 0. The fraction of sp³-hybridized carbons (Fsp3) is 0.364. The van der Waals surface area contributed by atoms with Gasteiger partial charge in [-0.25, -0.2) is 0 Å². The molecule has 1 aliphatic rings. The lowest BCUT2D eigenvalue weighted by Crippen LogP contribution is -2.46. The first kappa shape index (κ1) is 17.6. The van der Waals surface area contributed by atoms with Crippen molar-refractivity contribution in [2.24, 2.45) is 0 Å². The molecule has 0 spiro atoms. The van der Waals surface area contributed by atoms with Crippen LogP contribution in [0.15, 0.2) is 55.1 Å². The smallest absolute Gasteiger partial charge is 0.124 e. The van der Waals surface area contributed by atoms with Crippen molar-refractivity contribution in [1.82, 2.24) is 4.90 Å². The molecule has 0 saturated carbocycles. The molecule has 1 saturated heterocycles. The summed E-state index contributed by atoms with van der Waals surface area (Å²) in [6, 6.07) is 15.0. The van der Waals surface area contributed by atoms with E-state index in [0.717, 1.165) is 38.5 Å². The lowest BCUT2D eigenvalue weighted by atomic mass is 10.1. The monoisotopic (exact) mass is 336 g/mol. The van der Waals surface area contributed by atoms with Crippen LogP contribution in [0.3, 0.4) is 0 Å². The molecule has 0 amide bonds. The first-order valence-corrected chi connectivity index (χ1v) is 9.03. The first-order chi connectivity index (χ1) is 12.2. The Kier molecular flexibility index (Phi) is 5.77. The molecule has 0 aromatic heterocycles. The molecular weight excluding hydrogens is 308 g/mol. The Balaban J connectivity index is 1.61. The summed E-state index contributed by atoms with van der Waals surface area (Å²) in [5.41, 5.74) is 5.33. The van der Waals surface area contributed by atoms with E-state index in [2.05, 4.69) is 60.6 Å². The van der Waals surface area contributed by atoms with Crippen molar-refractivity contribution in [3.8, 4) is 5.75 Å². The molecule has 1 aliphatic heterocycles. The van der Waals surface area contributed by atoms with Crippen LogP contribution in [0, 0.1) is 13.8 Å². The topological polar surface area (TPSA) is 15.7 Å². The van der Waals surface area contributed by atoms with E-state index >= 15 is 0 Å². The summed E-state index contributed by atoms with van der Waals surface area (Å²) in [5, 5.41) is 0. The Morgan fingerprint density at radius 2 is 1.80 bits per heavy atom. The number of nitrogens with zero attached hydrogens (tertiary/aromatic N) is 2. The molecule has 3 heteroatoms. The van der Waals surface area contributed by atoms with Crippen LogP contribution >= 0.6 is 0 Å². The largest absolute Gasteiger partial charge is 0.489 e. The number of hydrogen-bond acceptors (Lipinski definition) is 3. The molecule has 1 heterocycles. The van der Waals surface area contributed by atoms with Crippen LogP contribution in [-0.4, -0.2) is 37.7 Å². The number of anilines is 1. The Labute approximate surface area is 151 Å². The molecule has 0 N–H and O–H groups in total. The van der Waals surface area contributed by atoms with E-state index in [-0.39, 0.29) is 0 Å². The molecule has 25 heavy (non-hydrogen) atoms. The zero-order valence-corrected chi connectivity index (χ0v) is 15.4. The minimum Gasteiger partial charge on any atom is -0.489 e. The van der Waals surface area contributed by atoms with Crippen LogP contribution in [0.4, 0.5) is 5.69 Å². The van der Waals surface area contributed by atoms with Gasteiger partial charge in [-0.3, -0.25) is 4.90 Å². The van der Waals surface area contributed by atoms with Gasteiger partial charge in [0.25, 0.3) is 0 Å². The van der Waals surface area contributed by atoms with Crippen molar-refractivity contribution < 1.29 is 4.74 Å². The molecule has 2 aromatic carbocycles. The molecule has 0 bridgehead atoms. The molecule has 0 unspecified atom stereocenters. The highest BCUT2D eigenvalue weighted by molar-refractivity contribution is 5.55. The number of ether oxygens (including phenoxy) is 1. The molecule has 2 aromatic rings. The number of aryl methyl sites for hydroxylation is 2. The van der Waals surface area contributed by atoms with Gasteiger partial charge >= 0.3 is 0 Å². The number of benzene rings is 2. The second-order valence-corrected chi connectivity index (χ2v) is 6.76. The third-order valence-electron chi connectivity index (χ3n) is 4.80. The fourth-order valence-corrected chi connectivity index (χ4v) is 3.37. The van der Waals surface area contributed by atoms with Gasteiger partial charge in [-0.2, -0.15) is 0 Å². The predicted molar refractivity (Wildman–Crippen MR) is 106 cm³/mol. The number of piperazine rings is 1. The first-order valence-electron chi connectivity index (χ1n) is 9.03. The summed E-state index contributed by atoms with van der Waals surface area (Å²) in [5.74, 6) is 0.972. The van der Waals surface area contributed by atoms with Gasteiger partial charge in [0.15, 0.2) is 0 Å². The summed E-state index contributed by atoms with van der Waals surface area (Å²) in [6.45, 7) is 13.9. The van der Waals surface area contributed by atoms with E-state index in [1.807, 2.05) is 12.1 Å². The highest BCUT2D eigenvalue weighted by Crippen LogP contribution is 2.24. The number of rotatable bonds is 6. The second kappa shape index (κ2) is 8.21. The van der Waals surface area contributed by atoms with E-state index in [0.29, 0.717) is 6.61 Å².